The topological polar surface area (TPSA) is 53.5 Å². The zero-order valence-corrected chi connectivity index (χ0v) is 25.5. The lowest BCUT2D eigenvalue weighted by Gasteiger charge is -2.31. The Kier molecular flexibility index (Phi) is 7.17. The lowest BCUT2D eigenvalue weighted by molar-refractivity contribution is 0.107. The standard InChI is InChI=1S/C36H41F2N5O/c1-2-23-7-3-8-24-9-4-12-28(31(23)24)29-13-14-30-33(32(29)38)40-35(44-22-36-16-6-17-43(36)20-25(37)19-36)41-34(30)42-18-15-26-10-5-11-27(21-42)39-26/h3-4,7-9,12-14,25-27,39H,2,5-6,10-11,15-22H2,1H3/t25-,26-,27+,36+/m1/s1. The van der Waals surface area contributed by atoms with Crippen LogP contribution < -0.4 is 15.0 Å². The molecule has 4 aromatic rings. The van der Waals surface area contributed by atoms with Crippen LogP contribution in [0.25, 0.3) is 32.8 Å². The SMILES string of the molecule is CCc1cccc2cccc(-c3ccc4c(N5CC[C@H]6CCC[C@@H](C5)N6)nc(OC[C@@]56CCCN5C[C@H](F)C6)nc4c3F)c12. The Hall–Kier alpha value is -3.36. The molecule has 8 heteroatoms. The third kappa shape index (κ3) is 4.81. The Morgan fingerprint density at radius 3 is 2.70 bits per heavy atom. The molecule has 6 nitrogen and oxygen atoms in total. The van der Waals surface area contributed by atoms with E-state index in [9.17, 15) is 4.39 Å². The summed E-state index contributed by atoms with van der Waals surface area (Å²) >= 11 is 0. The molecular weight excluding hydrogens is 556 g/mol. The maximum Gasteiger partial charge on any atom is 0.319 e. The van der Waals surface area contributed by atoms with Gasteiger partial charge >= 0.3 is 6.01 Å². The number of hydrogen-bond acceptors (Lipinski definition) is 6. The second kappa shape index (κ2) is 11.2. The predicted molar refractivity (Wildman–Crippen MR) is 172 cm³/mol. The summed E-state index contributed by atoms with van der Waals surface area (Å²) < 4.78 is 37.8. The Morgan fingerprint density at radius 1 is 0.955 bits per heavy atom. The van der Waals surface area contributed by atoms with Crippen LogP contribution in [0, 0.1) is 5.82 Å². The van der Waals surface area contributed by atoms with Crippen molar-refractivity contribution in [2.75, 3.05) is 37.7 Å². The summed E-state index contributed by atoms with van der Waals surface area (Å²) in [5, 5.41) is 6.69. The molecule has 4 aliphatic heterocycles. The monoisotopic (exact) mass is 597 g/mol. The van der Waals surface area contributed by atoms with E-state index < -0.39 is 6.17 Å². The minimum Gasteiger partial charge on any atom is -0.461 e. The number of ether oxygens (including phenoxy) is 1. The zero-order chi connectivity index (χ0) is 29.8. The molecule has 0 saturated carbocycles. The molecule has 5 heterocycles. The van der Waals surface area contributed by atoms with Crippen molar-refractivity contribution >= 4 is 27.5 Å². The number of alkyl halides is 1. The van der Waals surface area contributed by atoms with Crippen molar-refractivity contribution in [1.82, 2.24) is 20.2 Å². The molecule has 4 fully saturated rings. The van der Waals surface area contributed by atoms with E-state index >= 15 is 4.39 Å². The highest BCUT2D eigenvalue weighted by molar-refractivity contribution is 6.02. The first-order valence-corrected chi connectivity index (χ1v) is 16.6. The van der Waals surface area contributed by atoms with Gasteiger partial charge in [-0.1, -0.05) is 55.8 Å². The number of nitrogens with one attached hydrogen (secondary N) is 1. The predicted octanol–water partition coefficient (Wildman–Crippen LogP) is 6.83. The minimum absolute atomic E-state index is 0.180. The lowest BCUT2D eigenvalue weighted by atomic mass is 9.93. The third-order valence-electron chi connectivity index (χ3n) is 10.7. The van der Waals surface area contributed by atoms with Gasteiger partial charge in [-0.05, 0) is 73.0 Å². The molecule has 0 aliphatic carbocycles. The Balaban J connectivity index is 1.24. The molecule has 4 aliphatic rings. The maximum atomic E-state index is 16.9. The van der Waals surface area contributed by atoms with Gasteiger partial charge in [0.15, 0.2) is 5.82 Å². The molecule has 0 radical (unpaired) electrons. The van der Waals surface area contributed by atoms with E-state index in [0.717, 1.165) is 73.9 Å². The van der Waals surface area contributed by atoms with Gasteiger partial charge in [0.1, 0.15) is 24.1 Å². The highest BCUT2D eigenvalue weighted by atomic mass is 19.1. The fourth-order valence-corrected chi connectivity index (χ4v) is 8.57. The van der Waals surface area contributed by atoms with Crippen LogP contribution in [-0.2, 0) is 6.42 Å². The molecule has 4 atom stereocenters. The lowest BCUT2D eigenvalue weighted by Crippen LogP contribution is -2.44. The second-order valence-corrected chi connectivity index (χ2v) is 13.4. The number of halogens is 2. The molecular formula is C36H41F2N5O. The van der Waals surface area contributed by atoms with Gasteiger partial charge in [-0.15, -0.1) is 0 Å². The van der Waals surface area contributed by atoms with Crippen molar-refractivity contribution in [2.45, 2.75) is 82.1 Å². The van der Waals surface area contributed by atoms with E-state index in [-0.39, 0.29) is 22.9 Å². The molecule has 1 aromatic heterocycles. The van der Waals surface area contributed by atoms with Gasteiger partial charge in [0, 0.05) is 49.1 Å². The minimum atomic E-state index is -0.843. The maximum absolute atomic E-state index is 16.9. The van der Waals surface area contributed by atoms with Gasteiger partial charge in [-0.2, -0.15) is 9.97 Å². The summed E-state index contributed by atoms with van der Waals surface area (Å²) in [6, 6.07) is 17.3. The van der Waals surface area contributed by atoms with Crippen molar-refractivity contribution < 1.29 is 13.5 Å². The first-order valence-electron chi connectivity index (χ1n) is 16.6. The quantitative estimate of drug-likeness (QED) is 0.263. The van der Waals surface area contributed by atoms with Crippen LogP contribution in [0.3, 0.4) is 0 Å². The average molecular weight is 598 g/mol. The summed E-state index contributed by atoms with van der Waals surface area (Å²) in [4.78, 5) is 14.3. The summed E-state index contributed by atoms with van der Waals surface area (Å²) in [6.45, 7) is 5.45. The van der Waals surface area contributed by atoms with Crippen molar-refractivity contribution in [1.29, 1.82) is 0 Å². The van der Waals surface area contributed by atoms with Gasteiger partial charge in [-0.3, -0.25) is 4.90 Å². The summed E-state index contributed by atoms with van der Waals surface area (Å²) in [5.41, 5.74) is 2.54. The first-order chi connectivity index (χ1) is 21.5. The Bertz CT molecular complexity index is 1710. The highest BCUT2D eigenvalue weighted by Gasteiger charge is 2.49. The molecule has 0 unspecified atom stereocenters. The zero-order valence-electron chi connectivity index (χ0n) is 25.5. The van der Waals surface area contributed by atoms with E-state index in [4.69, 9.17) is 14.7 Å². The molecule has 0 spiro atoms. The molecule has 2 bridgehead atoms. The van der Waals surface area contributed by atoms with Gasteiger partial charge in [0.25, 0.3) is 0 Å². The van der Waals surface area contributed by atoms with Crippen LogP contribution >= 0.6 is 0 Å². The number of anilines is 1. The normalized spacial score (nSPS) is 27.2. The van der Waals surface area contributed by atoms with Crippen molar-refractivity contribution in [3.63, 3.8) is 0 Å². The van der Waals surface area contributed by atoms with Crippen molar-refractivity contribution in [3.8, 4) is 17.1 Å². The Labute approximate surface area is 257 Å². The number of hydrogen-bond donors (Lipinski definition) is 1. The smallest absolute Gasteiger partial charge is 0.319 e. The van der Waals surface area contributed by atoms with E-state index in [2.05, 4.69) is 46.3 Å². The second-order valence-electron chi connectivity index (χ2n) is 13.4. The number of nitrogens with zero attached hydrogens (tertiary/aromatic N) is 4. The number of aromatic nitrogens is 2. The average Bonchev–Trinajstić information content (AvgIpc) is 3.52. The van der Waals surface area contributed by atoms with E-state index in [1.165, 1.54) is 18.4 Å². The number of benzene rings is 3. The molecule has 8 rings (SSSR count). The van der Waals surface area contributed by atoms with E-state index in [0.29, 0.717) is 42.6 Å². The van der Waals surface area contributed by atoms with Crippen LogP contribution in [-0.4, -0.2) is 71.4 Å². The largest absolute Gasteiger partial charge is 0.461 e. The third-order valence-corrected chi connectivity index (χ3v) is 10.7. The van der Waals surface area contributed by atoms with Crippen molar-refractivity contribution in [3.05, 3.63) is 59.9 Å². The van der Waals surface area contributed by atoms with Gasteiger partial charge < -0.3 is 15.0 Å². The van der Waals surface area contributed by atoms with Crippen LogP contribution in [0.5, 0.6) is 6.01 Å². The molecule has 1 N–H and O–H groups in total. The summed E-state index contributed by atoms with van der Waals surface area (Å²) in [6.07, 6.45) is 6.98. The van der Waals surface area contributed by atoms with Gasteiger partial charge in [0.05, 0.1) is 5.54 Å². The molecule has 230 valence electrons. The highest BCUT2D eigenvalue weighted by Crippen LogP contribution is 2.41. The summed E-state index contributed by atoms with van der Waals surface area (Å²) in [7, 11) is 0. The van der Waals surface area contributed by atoms with E-state index in [1.807, 2.05) is 24.3 Å². The fourth-order valence-electron chi connectivity index (χ4n) is 8.57. The number of fused-ring (bicyclic) bond motifs is 5. The van der Waals surface area contributed by atoms with Gasteiger partial charge in [0.2, 0.25) is 0 Å². The molecule has 4 saturated heterocycles. The number of piperidine rings is 1. The van der Waals surface area contributed by atoms with Crippen LogP contribution in [0.2, 0.25) is 0 Å². The van der Waals surface area contributed by atoms with E-state index in [1.54, 1.807) is 0 Å². The Morgan fingerprint density at radius 2 is 1.82 bits per heavy atom. The summed E-state index contributed by atoms with van der Waals surface area (Å²) in [5.74, 6) is 0.374. The number of aryl methyl sites for hydroxylation is 1. The van der Waals surface area contributed by atoms with Crippen molar-refractivity contribution in [2.24, 2.45) is 0 Å². The fraction of sp³-hybridized carbons (Fsp3) is 0.500. The van der Waals surface area contributed by atoms with Crippen LogP contribution in [0.1, 0.15) is 57.4 Å². The molecule has 44 heavy (non-hydrogen) atoms. The van der Waals surface area contributed by atoms with Crippen LogP contribution in [0.4, 0.5) is 14.6 Å². The molecule has 0 amide bonds. The van der Waals surface area contributed by atoms with Crippen LogP contribution in [0.15, 0.2) is 48.5 Å². The number of rotatable bonds is 6. The molecule has 3 aromatic carbocycles. The first kappa shape index (κ1) is 28.1. The van der Waals surface area contributed by atoms with Gasteiger partial charge in [-0.25, -0.2) is 8.78 Å².